The highest BCUT2D eigenvalue weighted by Gasteiger charge is 2.10. The minimum Gasteiger partial charge on any atom is -0.494 e. The zero-order valence-corrected chi connectivity index (χ0v) is 16.6. The van der Waals surface area contributed by atoms with E-state index in [1.54, 1.807) is 24.3 Å². The van der Waals surface area contributed by atoms with Crippen molar-refractivity contribution in [1.29, 1.82) is 0 Å². The molecule has 0 aromatic heterocycles. The Labute approximate surface area is 176 Å². The Morgan fingerprint density at radius 1 is 0.867 bits per heavy atom. The summed E-state index contributed by atoms with van der Waals surface area (Å²) in [6.45, 7) is 0.702. The molecule has 0 fully saturated rings. The quantitative estimate of drug-likeness (QED) is 0.448. The third kappa shape index (κ3) is 6.38. The van der Waals surface area contributed by atoms with Crippen LogP contribution in [0.4, 0.5) is 11.4 Å². The van der Waals surface area contributed by atoms with E-state index in [1.165, 1.54) is 5.56 Å². The molecule has 0 unspecified atom stereocenters. The lowest BCUT2D eigenvalue weighted by Crippen LogP contribution is -2.24. The lowest BCUT2D eigenvalue weighted by Gasteiger charge is -2.11. The first-order valence-corrected chi connectivity index (χ1v) is 9.81. The molecule has 0 radical (unpaired) electrons. The van der Waals surface area contributed by atoms with Gasteiger partial charge in [-0.25, -0.2) is 0 Å². The molecule has 6 nitrogen and oxygen atoms in total. The summed E-state index contributed by atoms with van der Waals surface area (Å²) in [5, 5.41) is 5.74. The fraction of sp³-hybridized carbons (Fsp3) is 0.167. The Morgan fingerprint density at radius 3 is 2.30 bits per heavy atom. The molecule has 3 aromatic carbocycles. The van der Waals surface area contributed by atoms with E-state index >= 15 is 0 Å². The van der Waals surface area contributed by atoms with Crippen LogP contribution >= 0.6 is 0 Å². The first kappa shape index (κ1) is 20.9. The number of nitrogens with one attached hydrogen (secondary N) is 2. The van der Waals surface area contributed by atoms with Gasteiger partial charge in [0.2, 0.25) is 5.91 Å². The normalized spacial score (nSPS) is 10.3. The predicted octanol–water partition coefficient (Wildman–Crippen LogP) is 3.85. The molecule has 0 aliphatic carbocycles. The molecule has 0 saturated heterocycles. The maximum absolute atomic E-state index is 12.2. The number of rotatable bonds is 10. The van der Waals surface area contributed by atoms with Gasteiger partial charge in [0.25, 0.3) is 5.91 Å². The molecule has 0 spiro atoms. The smallest absolute Gasteiger partial charge is 0.250 e. The van der Waals surface area contributed by atoms with E-state index in [4.69, 9.17) is 10.5 Å². The molecule has 0 bridgehead atoms. The number of hydrogen-bond acceptors (Lipinski definition) is 4. The highest BCUT2D eigenvalue weighted by Crippen LogP contribution is 2.17. The van der Waals surface area contributed by atoms with Gasteiger partial charge < -0.3 is 21.1 Å². The molecule has 0 heterocycles. The summed E-state index contributed by atoms with van der Waals surface area (Å²) in [5.74, 6) is -0.0726. The molecule has 3 rings (SSSR count). The second-order valence-corrected chi connectivity index (χ2v) is 6.77. The van der Waals surface area contributed by atoms with Crippen LogP contribution in [0.2, 0.25) is 0 Å². The number of carbonyl (C=O) groups is 2. The molecular formula is C24H25N3O3. The SMILES string of the molecule is NC(=O)c1ccccc1NC(=O)CNc1ccc(OCCCc2ccccc2)cc1. The van der Waals surface area contributed by atoms with Crippen LogP contribution < -0.4 is 21.1 Å². The molecule has 0 aliphatic rings. The Bertz CT molecular complexity index is 973. The molecule has 2 amide bonds. The van der Waals surface area contributed by atoms with E-state index in [1.807, 2.05) is 42.5 Å². The van der Waals surface area contributed by atoms with Crippen molar-refractivity contribution in [2.75, 3.05) is 23.8 Å². The maximum Gasteiger partial charge on any atom is 0.250 e. The van der Waals surface area contributed by atoms with Gasteiger partial charge in [-0.2, -0.15) is 0 Å². The number of amides is 2. The van der Waals surface area contributed by atoms with Crippen LogP contribution in [0.25, 0.3) is 0 Å². The Morgan fingerprint density at radius 2 is 1.57 bits per heavy atom. The zero-order chi connectivity index (χ0) is 21.2. The van der Waals surface area contributed by atoms with E-state index in [9.17, 15) is 9.59 Å². The van der Waals surface area contributed by atoms with Gasteiger partial charge in [0.15, 0.2) is 0 Å². The van der Waals surface area contributed by atoms with Crippen LogP contribution in [0.5, 0.6) is 5.75 Å². The summed E-state index contributed by atoms with van der Waals surface area (Å²) in [4.78, 5) is 23.6. The number of benzene rings is 3. The molecule has 154 valence electrons. The lowest BCUT2D eigenvalue weighted by molar-refractivity contribution is -0.114. The minimum absolute atomic E-state index is 0.0599. The number of para-hydroxylation sites is 1. The van der Waals surface area contributed by atoms with Crippen molar-refractivity contribution < 1.29 is 14.3 Å². The molecule has 3 aromatic rings. The van der Waals surface area contributed by atoms with Gasteiger partial charge in [-0.3, -0.25) is 9.59 Å². The van der Waals surface area contributed by atoms with Crippen LogP contribution in [-0.4, -0.2) is 25.0 Å². The fourth-order valence-electron chi connectivity index (χ4n) is 2.96. The van der Waals surface area contributed by atoms with Crippen molar-refractivity contribution in [3.05, 3.63) is 90.0 Å². The standard InChI is InChI=1S/C24H25N3O3/c25-24(29)21-10-4-5-11-22(21)27-23(28)17-26-19-12-14-20(15-13-19)30-16-6-9-18-7-2-1-3-8-18/h1-5,7-8,10-15,26H,6,9,16-17H2,(H2,25,29)(H,27,28). The number of carbonyl (C=O) groups excluding carboxylic acids is 2. The summed E-state index contributed by atoms with van der Waals surface area (Å²) in [7, 11) is 0. The summed E-state index contributed by atoms with van der Waals surface area (Å²) < 4.78 is 5.77. The number of ether oxygens (including phenoxy) is 1. The van der Waals surface area contributed by atoms with Crippen molar-refractivity contribution in [2.24, 2.45) is 5.73 Å². The number of primary amides is 1. The molecule has 30 heavy (non-hydrogen) atoms. The minimum atomic E-state index is -0.585. The number of anilines is 2. The highest BCUT2D eigenvalue weighted by atomic mass is 16.5. The van der Waals surface area contributed by atoms with Crippen molar-refractivity contribution in [1.82, 2.24) is 0 Å². The van der Waals surface area contributed by atoms with E-state index in [0.717, 1.165) is 24.3 Å². The Hall–Kier alpha value is -3.80. The maximum atomic E-state index is 12.2. The van der Waals surface area contributed by atoms with E-state index in [0.29, 0.717) is 12.3 Å². The van der Waals surface area contributed by atoms with Crippen molar-refractivity contribution in [3.8, 4) is 5.75 Å². The van der Waals surface area contributed by atoms with Gasteiger partial charge in [0, 0.05) is 5.69 Å². The van der Waals surface area contributed by atoms with Crippen LogP contribution in [-0.2, 0) is 11.2 Å². The molecular weight excluding hydrogens is 378 g/mol. The molecule has 0 saturated carbocycles. The van der Waals surface area contributed by atoms with Crippen molar-refractivity contribution >= 4 is 23.2 Å². The van der Waals surface area contributed by atoms with Crippen molar-refractivity contribution in [3.63, 3.8) is 0 Å². The number of aryl methyl sites for hydroxylation is 1. The van der Waals surface area contributed by atoms with E-state index in [2.05, 4.69) is 22.8 Å². The second-order valence-electron chi connectivity index (χ2n) is 6.77. The largest absolute Gasteiger partial charge is 0.494 e. The van der Waals surface area contributed by atoms with Gasteiger partial charge in [0.1, 0.15) is 5.75 Å². The first-order valence-electron chi connectivity index (χ1n) is 9.81. The van der Waals surface area contributed by atoms with Crippen LogP contribution in [0, 0.1) is 0 Å². The second kappa shape index (κ2) is 10.7. The highest BCUT2D eigenvalue weighted by molar-refractivity contribution is 6.03. The summed E-state index contributed by atoms with van der Waals surface area (Å²) in [6, 6.07) is 24.4. The van der Waals surface area contributed by atoms with Gasteiger partial charge in [-0.1, -0.05) is 42.5 Å². The molecule has 6 heteroatoms. The lowest BCUT2D eigenvalue weighted by atomic mass is 10.1. The topological polar surface area (TPSA) is 93.5 Å². The fourth-order valence-corrected chi connectivity index (χ4v) is 2.96. The van der Waals surface area contributed by atoms with Gasteiger partial charge in [-0.15, -0.1) is 0 Å². The third-order valence-corrected chi connectivity index (χ3v) is 4.50. The number of nitrogens with two attached hydrogens (primary N) is 1. The van der Waals surface area contributed by atoms with E-state index < -0.39 is 5.91 Å². The third-order valence-electron chi connectivity index (χ3n) is 4.50. The molecule has 0 atom stereocenters. The van der Waals surface area contributed by atoms with E-state index in [-0.39, 0.29) is 18.0 Å². The van der Waals surface area contributed by atoms with Gasteiger partial charge in [-0.05, 0) is 54.8 Å². The van der Waals surface area contributed by atoms with Gasteiger partial charge in [0.05, 0.1) is 24.4 Å². The average Bonchev–Trinajstić information content (AvgIpc) is 2.77. The average molecular weight is 403 g/mol. The van der Waals surface area contributed by atoms with Crippen molar-refractivity contribution in [2.45, 2.75) is 12.8 Å². The molecule has 0 aliphatic heterocycles. The predicted molar refractivity (Wildman–Crippen MR) is 119 cm³/mol. The molecule has 4 N–H and O–H groups in total. The number of hydrogen-bond donors (Lipinski definition) is 3. The first-order chi connectivity index (χ1) is 14.6. The Balaban J connectivity index is 1.41. The van der Waals surface area contributed by atoms with Crippen LogP contribution in [0.15, 0.2) is 78.9 Å². The van der Waals surface area contributed by atoms with Crippen LogP contribution in [0.3, 0.4) is 0 Å². The summed E-state index contributed by atoms with van der Waals surface area (Å²) >= 11 is 0. The Kier molecular flexibility index (Phi) is 7.44. The van der Waals surface area contributed by atoms with Gasteiger partial charge >= 0.3 is 0 Å². The zero-order valence-electron chi connectivity index (χ0n) is 16.6. The summed E-state index contributed by atoms with van der Waals surface area (Å²) in [5.41, 5.74) is 8.10. The summed E-state index contributed by atoms with van der Waals surface area (Å²) in [6.07, 6.45) is 1.92. The monoisotopic (exact) mass is 403 g/mol. The van der Waals surface area contributed by atoms with Crippen LogP contribution in [0.1, 0.15) is 22.3 Å².